The van der Waals surface area contributed by atoms with Crippen molar-refractivity contribution < 1.29 is 28.7 Å². The molecule has 9 nitrogen and oxygen atoms in total. The summed E-state index contributed by atoms with van der Waals surface area (Å²) < 4.78 is 10.3. The second kappa shape index (κ2) is 13.6. The number of benzene rings is 3. The normalized spacial score (nSPS) is 14.3. The number of amides is 3. The van der Waals surface area contributed by atoms with Gasteiger partial charge in [0.25, 0.3) is 5.91 Å². The summed E-state index contributed by atoms with van der Waals surface area (Å²) in [6.45, 7) is -0.394. The molecule has 4 rings (SSSR count). The number of ether oxygens (including phenoxy) is 2. The molecule has 3 amide bonds. The van der Waals surface area contributed by atoms with Crippen LogP contribution in [0.5, 0.6) is 0 Å². The van der Waals surface area contributed by atoms with Gasteiger partial charge in [-0.05, 0) is 29.5 Å². The molecule has 0 aliphatic heterocycles. The van der Waals surface area contributed by atoms with Gasteiger partial charge >= 0.3 is 12.1 Å². The van der Waals surface area contributed by atoms with Crippen LogP contribution in [0.3, 0.4) is 0 Å². The van der Waals surface area contributed by atoms with Gasteiger partial charge in [0.05, 0.1) is 7.11 Å². The lowest BCUT2D eigenvalue weighted by Crippen LogP contribution is -2.65. The Labute approximate surface area is 239 Å². The summed E-state index contributed by atoms with van der Waals surface area (Å²) in [7, 11) is 1.30. The third-order valence-corrected chi connectivity index (χ3v) is 7.32. The number of methoxy groups -OCH3 is 1. The van der Waals surface area contributed by atoms with E-state index in [9.17, 15) is 19.2 Å². The molecule has 1 saturated carbocycles. The molecule has 0 aromatic heterocycles. The molecule has 0 atom stereocenters. The van der Waals surface area contributed by atoms with Gasteiger partial charge in [-0.15, -0.1) is 0 Å². The van der Waals surface area contributed by atoms with Crippen molar-refractivity contribution in [2.24, 2.45) is 0 Å². The second-order valence-corrected chi connectivity index (χ2v) is 10.0. The van der Waals surface area contributed by atoms with Crippen LogP contribution in [-0.2, 0) is 36.0 Å². The number of nitrogens with one attached hydrogen (secondary N) is 3. The molecule has 41 heavy (non-hydrogen) atoms. The zero-order valence-electron chi connectivity index (χ0n) is 23.1. The topological polar surface area (TPSA) is 123 Å². The lowest BCUT2D eigenvalue weighted by Gasteiger charge is -2.41. The zero-order chi connectivity index (χ0) is 29.1. The molecule has 214 valence electrons. The number of rotatable bonds is 10. The van der Waals surface area contributed by atoms with E-state index < -0.39 is 41.5 Å². The number of carbonyl (C=O) groups excluding carboxylic acids is 4. The van der Waals surface area contributed by atoms with E-state index in [0.717, 1.165) is 24.8 Å². The molecular weight excluding hydrogens is 522 g/mol. The molecule has 0 bridgehead atoms. The van der Waals surface area contributed by atoms with Crippen molar-refractivity contribution >= 4 is 23.9 Å². The van der Waals surface area contributed by atoms with Gasteiger partial charge in [0.15, 0.2) is 5.54 Å². The lowest BCUT2D eigenvalue weighted by atomic mass is 9.77. The highest BCUT2D eigenvalue weighted by Gasteiger charge is 2.49. The Balaban J connectivity index is 1.62. The summed E-state index contributed by atoms with van der Waals surface area (Å²) in [5.41, 5.74) is -1.16. The van der Waals surface area contributed by atoms with Crippen molar-refractivity contribution in [3.8, 4) is 0 Å². The van der Waals surface area contributed by atoms with Crippen LogP contribution >= 0.6 is 0 Å². The Bertz CT molecular complexity index is 1290. The summed E-state index contributed by atoms with van der Waals surface area (Å²) in [4.78, 5) is 53.2. The minimum atomic E-state index is -1.71. The van der Waals surface area contributed by atoms with Crippen molar-refractivity contribution in [1.82, 2.24) is 16.0 Å². The van der Waals surface area contributed by atoms with E-state index in [1.165, 1.54) is 7.11 Å². The summed E-state index contributed by atoms with van der Waals surface area (Å²) in [6.07, 6.45) is 2.52. The molecule has 3 aromatic rings. The van der Waals surface area contributed by atoms with E-state index in [4.69, 9.17) is 9.47 Å². The Hall–Kier alpha value is -4.66. The first-order valence-electron chi connectivity index (χ1n) is 13.7. The van der Waals surface area contributed by atoms with Gasteiger partial charge in [0, 0.05) is 0 Å². The molecule has 1 fully saturated rings. The SMILES string of the molecule is COC(=O)C1(NC(=O)C(NC(=O)CNC(=O)OCc2ccccc2)(c2ccccc2)c2ccccc2)CCCCC1. The Morgan fingerprint density at radius 1 is 0.780 bits per heavy atom. The number of hydrogen-bond donors (Lipinski definition) is 3. The Kier molecular flexibility index (Phi) is 9.73. The van der Waals surface area contributed by atoms with Gasteiger partial charge in [0.1, 0.15) is 18.7 Å². The van der Waals surface area contributed by atoms with Crippen LogP contribution in [-0.4, -0.2) is 43.1 Å². The van der Waals surface area contributed by atoms with Crippen molar-refractivity contribution in [1.29, 1.82) is 0 Å². The van der Waals surface area contributed by atoms with E-state index in [-0.39, 0.29) is 6.61 Å². The molecule has 0 heterocycles. The quantitative estimate of drug-likeness (QED) is 0.324. The maximum absolute atomic E-state index is 14.4. The highest BCUT2D eigenvalue weighted by Crippen LogP contribution is 2.34. The maximum atomic E-state index is 14.4. The largest absolute Gasteiger partial charge is 0.467 e. The van der Waals surface area contributed by atoms with Gasteiger partial charge in [-0.25, -0.2) is 9.59 Å². The van der Waals surface area contributed by atoms with Crippen molar-refractivity contribution in [2.45, 2.75) is 49.8 Å². The minimum Gasteiger partial charge on any atom is -0.467 e. The van der Waals surface area contributed by atoms with Gasteiger partial charge < -0.3 is 25.4 Å². The molecule has 1 aliphatic carbocycles. The van der Waals surface area contributed by atoms with Gasteiger partial charge in [0.2, 0.25) is 5.91 Å². The van der Waals surface area contributed by atoms with Crippen LogP contribution in [0.15, 0.2) is 91.0 Å². The highest BCUT2D eigenvalue weighted by atomic mass is 16.5. The predicted molar refractivity (Wildman–Crippen MR) is 152 cm³/mol. The smallest absolute Gasteiger partial charge is 0.407 e. The number of carbonyl (C=O) groups is 4. The van der Waals surface area contributed by atoms with Crippen LogP contribution in [0, 0.1) is 0 Å². The first-order chi connectivity index (χ1) is 19.9. The number of hydrogen-bond acceptors (Lipinski definition) is 6. The highest BCUT2D eigenvalue weighted by molar-refractivity contribution is 5.99. The van der Waals surface area contributed by atoms with E-state index in [1.807, 2.05) is 30.3 Å². The van der Waals surface area contributed by atoms with E-state index in [2.05, 4.69) is 16.0 Å². The molecule has 3 N–H and O–H groups in total. The fourth-order valence-corrected chi connectivity index (χ4v) is 5.23. The average Bonchev–Trinajstić information content (AvgIpc) is 3.03. The summed E-state index contributed by atoms with van der Waals surface area (Å²) in [6, 6.07) is 26.8. The van der Waals surface area contributed by atoms with Gasteiger partial charge in [-0.3, -0.25) is 9.59 Å². The number of esters is 1. The van der Waals surface area contributed by atoms with Crippen LogP contribution in [0.1, 0.15) is 48.8 Å². The Morgan fingerprint density at radius 3 is 1.85 bits per heavy atom. The van der Waals surface area contributed by atoms with Crippen LogP contribution in [0.25, 0.3) is 0 Å². The molecule has 1 aliphatic rings. The number of alkyl carbamates (subject to hydrolysis) is 1. The maximum Gasteiger partial charge on any atom is 0.407 e. The van der Waals surface area contributed by atoms with E-state index >= 15 is 0 Å². The first-order valence-corrected chi connectivity index (χ1v) is 13.7. The van der Waals surface area contributed by atoms with Crippen LogP contribution in [0.4, 0.5) is 4.79 Å². The molecule has 9 heteroatoms. The standard InChI is InChI=1S/C32H35N3O6/c1-40-29(38)31(20-12-5-13-21-31)35-28(37)32(25-16-8-3-9-17-25,26-18-10-4-11-19-26)34-27(36)22-33-30(39)41-23-24-14-6-2-7-15-24/h2-4,6-11,14-19H,5,12-13,20-23H2,1H3,(H,33,39)(H,34,36)(H,35,37). The predicted octanol–water partition coefficient (Wildman–Crippen LogP) is 3.96. The molecular formula is C32H35N3O6. The van der Waals surface area contributed by atoms with Gasteiger partial charge in [-0.2, -0.15) is 0 Å². The van der Waals surface area contributed by atoms with Crippen LogP contribution < -0.4 is 16.0 Å². The molecule has 0 spiro atoms. The second-order valence-electron chi connectivity index (χ2n) is 10.0. The van der Waals surface area contributed by atoms with Crippen LogP contribution in [0.2, 0.25) is 0 Å². The summed E-state index contributed by atoms with van der Waals surface area (Å²) in [5.74, 6) is -1.72. The minimum absolute atomic E-state index is 0.0459. The first kappa shape index (κ1) is 29.3. The molecule has 0 unspecified atom stereocenters. The van der Waals surface area contributed by atoms with E-state index in [0.29, 0.717) is 24.0 Å². The van der Waals surface area contributed by atoms with Crippen molar-refractivity contribution in [3.05, 3.63) is 108 Å². The third-order valence-electron chi connectivity index (χ3n) is 7.32. The molecule has 3 aromatic carbocycles. The summed E-state index contributed by atoms with van der Waals surface area (Å²) >= 11 is 0. The Morgan fingerprint density at radius 2 is 1.32 bits per heavy atom. The van der Waals surface area contributed by atoms with Crippen molar-refractivity contribution in [3.63, 3.8) is 0 Å². The average molecular weight is 558 g/mol. The fraction of sp³-hybridized carbons (Fsp3) is 0.312. The summed E-state index contributed by atoms with van der Waals surface area (Å²) in [5, 5.41) is 8.33. The van der Waals surface area contributed by atoms with Gasteiger partial charge in [-0.1, -0.05) is 110 Å². The molecule has 0 radical (unpaired) electrons. The third kappa shape index (κ3) is 6.92. The zero-order valence-corrected chi connectivity index (χ0v) is 23.1. The lowest BCUT2D eigenvalue weighted by molar-refractivity contribution is -0.153. The fourth-order valence-electron chi connectivity index (χ4n) is 5.23. The van der Waals surface area contributed by atoms with E-state index in [1.54, 1.807) is 60.7 Å². The van der Waals surface area contributed by atoms with Crippen molar-refractivity contribution in [2.75, 3.05) is 13.7 Å². The monoisotopic (exact) mass is 557 g/mol. The molecule has 0 saturated heterocycles.